The van der Waals surface area contributed by atoms with E-state index in [1.165, 1.54) is 28.4 Å². The van der Waals surface area contributed by atoms with Gasteiger partial charge < -0.3 is 10.0 Å². The summed E-state index contributed by atoms with van der Waals surface area (Å²) in [6.45, 7) is 2.28. The number of amides is 1. The zero-order chi connectivity index (χ0) is 15.1. The van der Waals surface area contributed by atoms with Crippen molar-refractivity contribution in [2.24, 2.45) is 5.92 Å². The van der Waals surface area contributed by atoms with Crippen LogP contribution < -0.4 is 0 Å². The summed E-state index contributed by atoms with van der Waals surface area (Å²) >= 11 is 1.20. The van der Waals surface area contributed by atoms with Gasteiger partial charge in [0.25, 0.3) is 5.91 Å². The topological polar surface area (TPSA) is 57.6 Å². The molecule has 1 aromatic carbocycles. The number of nitrogens with zero attached hydrogens (tertiary/aromatic N) is 1. The van der Waals surface area contributed by atoms with Crippen LogP contribution in [0.3, 0.4) is 0 Å². The van der Waals surface area contributed by atoms with Crippen molar-refractivity contribution in [2.75, 3.05) is 6.54 Å². The number of thiophene rings is 1. The maximum atomic E-state index is 13.2. The molecule has 2 heterocycles. The Hall–Kier alpha value is -1.95. The first-order valence-corrected chi connectivity index (χ1v) is 7.52. The fourth-order valence-corrected chi connectivity index (χ4v) is 3.85. The number of benzene rings is 1. The lowest BCUT2D eigenvalue weighted by molar-refractivity contribution is -0.142. The van der Waals surface area contributed by atoms with Crippen molar-refractivity contribution in [3.63, 3.8) is 0 Å². The fourth-order valence-electron chi connectivity index (χ4n) is 2.80. The van der Waals surface area contributed by atoms with Crippen molar-refractivity contribution in [1.29, 1.82) is 0 Å². The normalized spacial score (nSPS) is 21.9. The van der Waals surface area contributed by atoms with E-state index in [1.807, 2.05) is 6.92 Å². The highest BCUT2D eigenvalue weighted by Gasteiger charge is 2.40. The quantitative estimate of drug-likeness (QED) is 0.928. The Kier molecular flexibility index (Phi) is 3.41. The molecule has 2 aromatic rings. The first-order valence-electron chi connectivity index (χ1n) is 6.70. The first-order chi connectivity index (χ1) is 9.97. The molecule has 0 spiro atoms. The number of halogens is 1. The molecular weight excluding hydrogens is 293 g/mol. The van der Waals surface area contributed by atoms with E-state index in [0.717, 1.165) is 5.39 Å². The summed E-state index contributed by atoms with van der Waals surface area (Å²) < 4.78 is 13.9. The molecule has 6 heteroatoms. The van der Waals surface area contributed by atoms with Crippen molar-refractivity contribution in [3.8, 4) is 0 Å². The van der Waals surface area contributed by atoms with Gasteiger partial charge in [0.05, 0.1) is 4.88 Å². The third kappa shape index (κ3) is 2.40. The Morgan fingerprint density at radius 3 is 2.86 bits per heavy atom. The summed E-state index contributed by atoms with van der Waals surface area (Å²) in [6, 6.07) is 5.28. The van der Waals surface area contributed by atoms with Crippen LogP contribution in [0.15, 0.2) is 24.3 Å². The molecule has 1 amide bonds. The summed E-state index contributed by atoms with van der Waals surface area (Å²) in [6.07, 6.45) is 0.683. The summed E-state index contributed by atoms with van der Waals surface area (Å²) in [5, 5.41) is 10.1. The molecule has 2 unspecified atom stereocenters. The molecule has 0 radical (unpaired) electrons. The van der Waals surface area contributed by atoms with Crippen LogP contribution in [-0.2, 0) is 4.79 Å². The summed E-state index contributed by atoms with van der Waals surface area (Å²) in [5.74, 6) is -1.66. The predicted octanol–water partition coefficient (Wildman–Crippen LogP) is 2.98. The minimum Gasteiger partial charge on any atom is -0.480 e. The summed E-state index contributed by atoms with van der Waals surface area (Å²) in [5.41, 5.74) is 0. The molecule has 0 aliphatic carbocycles. The zero-order valence-corrected chi connectivity index (χ0v) is 12.2. The van der Waals surface area contributed by atoms with Gasteiger partial charge in [-0.3, -0.25) is 4.79 Å². The minimum absolute atomic E-state index is 0.0572. The van der Waals surface area contributed by atoms with Gasteiger partial charge >= 0.3 is 5.97 Å². The Balaban J connectivity index is 1.94. The van der Waals surface area contributed by atoms with Gasteiger partial charge in [-0.05, 0) is 35.9 Å². The number of carboxylic acid groups (broad SMARTS) is 1. The molecule has 0 bridgehead atoms. The number of fused-ring (bicyclic) bond motifs is 1. The van der Waals surface area contributed by atoms with E-state index in [1.54, 1.807) is 12.1 Å². The Morgan fingerprint density at radius 1 is 1.38 bits per heavy atom. The summed E-state index contributed by atoms with van der Waals surface area (Å²) in [4.78, 5) is 25.7. The molecule has 1 N–H and O–H groups in total. The zero-order valence-electron chi connectivity index (χ0n) is 11.4. The van der Waals surface area contributed by atoms with Gasteiger partial charge in [-0.25, -0.2) is 9.18 Å². The highest BCUT2D eigenvalue weighted by molar-refractivity contribution is 7.20. The van der Waals surface area contributed by atoms with Gasteiger partial charge in [0.15, 0.2) is 0 Å². The Morgan fingerprint density at radius 2 is 2.14 bits per heavy atom. The molecule has 4 nitrogen and oxygen atoms in total. The van der Waals surface area contributed by atoms with Gasteiger partial charge in [-0.15, -0.1) is 11.3 Å². The van der Waals surface area contributed by atoms with Gasteiger partial charge in [0, 0.05) is 11.2 Å². The van der Waals surface area contributed by atoms with Crippen LogP contribution in [0.5, 0.6) is 0 Å². The largest absolute Gasteiger partial charge is 0.480 e. The predicted molar refractivity (Wildman–Crippen MR) is 78.0 cm³/mol. The first kappa shape index (κ1) is 14.0. The smallest absolute Gasteiger partial charge is 0.326 e. The number of carboxylic acids is 1. The minimum atomic E-state index is -0.972. The highest BCUT2D eigenvalue weighted by atomic mass is 32.1. The number of hydrogen-bond donors (Lipinski definition) is 1. The lowest BCUT2D eigenvalue weighted by atomic mass is 10.0. The SMILES string of the molecule is CC1CCN(C(=O)c2cc3ccc(F)cc3s2)C1C(=O)O. The van der Waals surface area contributed by atoms with Crippen molar-refractivity contribution in [1.82, 2.24) is 4.90 Å². The van der Waals surface area contributed by atoms with Gasteiger partial charge in [0.2, 0.25) is 0 Å². The van der Waals surface area contributed by atoms with Crippen LogP contribution in [0.1, 0.15) is 23.0 Å². The second kappa shape index (κ2) is 5.11. The molecule has 1 aliphatic rings. The van der Waals surface area contributed by atoms with E-state index in [9.17, 15) is 19.1 Å². The Labute approximate surface area is 124 Å². The maximum absolute atomic E-state index is 13.2. The van der Waals surface area contributed by atoms with Gasteiger partial charge in [-0.1, -0.05) is 13.0 Å². The standard InChI is InChI=1S/C15H14FNO3S/c1-8-4-5-17(13(8)15(19)20)14(18)12-6-9-2-3-10(16)7-11(9)21-12/h2-3,6-8,13H,4-5H2,1H3,(H,19,20). The van der Waals surface area contributed by atoms with Crippen LogP contribution in [0, 0.1) is 11.7 Å². The maximum Gasteiger partial charge on any atom is 0.326 e. The average Bonchev–Trinajstić information content (AvgIpc) is 3.00. The molecule has 0 saturated carbocycles. The van der Waals surface area contributed by atoms with E-state index in [0.29, 0.717) is 22.5 Å². The number of carbonyl (C=O) groups is 2. The average molecular weight is 307 g/mol. The molecule has 1 aliphatic heterocycles. The number of likely N-dealkylation sites (tertiary alicyclic amines) is 1. The number of carbonyl (C=O) groups excluding carboxylic acids is 1. The lowest BCUT2D eigenvalue weighted by Gasteiger charge is -2.22. The van der Waals surface area contributed by atoms with Crippen molar-refractivity contribution in [3.05, 3.63) is 35.0 Å². The third-order valence-electron chi connectivity index (χ3n) is 3.91. The molecular formula is C15H14FNO3S. The van der Waals surface area contributed by atoms with E-state index in [-0.39, 0.29) is 17.6 Å². The van der Waals surface area contributed by atoms with Crippen molar-refractivity contribution < 1.29 is 19.1 Å². The number of rotatable bonds is 2. The fraction of sp³-hybridized carbons (Fsp3) is 0.333. The monoisotopic (exact) mass is 307 g/mol. The second-order valence-electron chi connectivity index (χ2n) is 5.34. The number of hydrogen-bond acceptors (Lipinski definition) is 3. The molecule has 21 heavy (non-hydrogen) atoms. The van der Waals surface area contributed by atoms with E-state index in [2.05, 4.69) is 0 Å². The molecule has 1 fully saturated rings. The van der Waals surface area contributed by atoms with E-state index in [4.69, 9.17) is 0 Å². The third-order valence-corrected chi connectivity index (χ3v) is 4.99. The van der Waals surface area contributed by atoms with Crippen LogP contribution in [-0.4, -0.2) is 34.5 Å². The molecule has 1 aromatic heterocycles. The lowest BCUT2D eigenvalue weighted by Crippen LogP contribution is -2.42. The van der Waals surface area contributed by atoms with Gasteiger partial charge in [0.1, 0.15) is 11.9 Å². The second-order valence-corrected chi connectivity index (χ2v) is 6.42. The van der Waals surface area contributed by atoms with E-state index >= 15 is 0 Å². The highest BCUT2D eigenvalue weighted by Crippen LogP contribution is 2.31. The van der Waals surface area contributed by atoms with E-state index < -0.39 is 12.0 Å². The molecule has 110 valence electrons. The molecule has 1 saturated heterocycles. The van der Waals surface area contributed by atoms with Crippen molar-refractivity contribution >= 4 is 33.3 Å². The van der Waals surface area contributed by atoms with Crippen LogP contribution in [0.25, 0.3) is 10.1 Å². The van der Waals surface area contributed by atoms with Gasteiger partial charge in [-0.2, -0.15) is 0 Å². The number of aliphatic carboxylic acids is 1. The molecule has 2 atom stereocenters. The Bertz CT molecular complexity index is 727. The summed E-state index contributed by atoms with van der Waals surface area (Å²) in [7, 11) is 0. The van der Waals surface area contributed by atoms with Crippen LogP contribution in [0.2, 0.25) is 0 Å². The van der Waals surface area contributed by atoms with Crippen LogP contribution in [0.4, 0.5) is 4.39 Å². The van der Waals surface area contributed by atoms with Crippen molar-refractivity contribution in [2.45, 2.75) is 19.4 Å². The van der Waals surface area contributed by atoms with Crippen LogP contribution >= 0.6 is 11.3 Å². The molecule has 3 rings (SSSR count).